The van der Waals surface area contributed by atoms with Gasteiger partial charge in [-0.3, -0.25) is 4.79 Å². The summed E-state index contributed by atoms with van der Waals surface area (Å²) in [5, 5.41) is 13.3. The Balaban J connectivity index is 1.46. The standard InChI is InChI=1S/C30H48N2O3/c1-2-3-4-5-6-7-8-9-10-11-12-13-14-15-16-17-22-29(33)32-28(30(34)35)23-25-24-31-27-21-19-18-20-26(25)27/h18-21,24,28,31H,2-17,22-23H2,1H3,(H,32,33)(H,34,35)/t28-/m0/s1. The molecule has 0 aliphatic carbocycles. The van der Waals surface area contributed by atoms with E-state index in [2.05, 4.69) is 17.2 Å². The predicted molar refractivity (Wildman–Crippen MR) is 146 cm³/mol. The molecule has 0 unspecified atom stereocenters. The van der Waals surface area contributed by atoms with E-state index in [0.717, 1.165) is 35.7 Å². The van der Waals surface area contributed by atoms with Crippen LogP contribution in [0.3, 0.4) is 0 Å². The van der Waals surface area contributed by atoms with Gasteiger partial charge >= 0.3 is 5.97 Å². The zero-order valence-electron chi connectivity index (χ0n) is 22.0. The zero-order valence-corrected chi connectivity index (χ0v) is 22.0. The highest BCUT2D eigenvalue weighted by Gasteiger charge is 2.21. The first-order valence-corrected chi connectivity index (χ1v) is 14.2. The van der Waals surface area contributed by atoms with Crippen LogP contribution in [0.4, 0.5) is 0 Å². The molecule has 1 amide bonds. The summed E-state index contributed by atoms with van der Waals surface area (Å²) in [4.78, 5) is 27.2. The van der Waals surface area contributed by atoms with E-state index in [1.807, 2.05) is 30.5 Å². The molecule has 2 aromatic rings. The normalized spacial score (nSPS) is 12.1. The van der Waals surface area contributed by atoms with Crippen molar-refractivity contribution < 1.29 is 14.7 Å². The number of carbonyl (C=O) groups excluding carboxylic acids is 1. The minimum atomic E-state index is -0.990. The van der Waals surface area contributed by atoms with Crippen LogP contribution < -0.4 is 5.32 Å². The maximum absolute atomic E-state index is 12.3. The minimum Gasteiger partial charge on any atom is -0.480 e. The van der Waals surface area contributed by atoms with Gasteiger partial charge in [0.1, 0.15) is 6.04 Å². The molecule has 1 aromatic carbocycles. The summed E-state index contributed by atoms with van der Waals surface area (Å²) >= 11 is 0. The van der Waals surface area contributed by atoms with Crippen molar-refractivity contribution in [3.63, 3.8) is 0 Å². The van der Waals surface area contributed by atoms with E-state index in [1.165, 1.54) is 83.5 Å². The summed E-state index contributed by atoms with van der Waals surface area (Å²) in [5.74, 6) is -1.15. The molecule has 0 radical (unpaired) electrons. The number of aromatic amines is 1. The molecular weight excluding hydrogens is 436 g/mol. The van der Waals surface area contributed by atoms with Crippen LogP contribution in [0.25, 0.3) is 10.9 Å². The molecule has 0 fully saturated rings. The number of carbonyl (C=O) groups is 2. The highest BCUT2D eigenvalue weighted by atomic mass is 16.4. The van der Waals surface area contributed by atoms with Crippen LogP contribution in [-0.4, -0.2) is 28.0 Å². The lowest BCUT2D eigenvalue weighted by Crippen LogP contribution is -2.42. The number of para-hydroxylation sites is 1. The Morgan fingerprint density at radius 1 is 0.800 bits per heavy atom. The number of hydrogen-bond acceptors (Lipinski definition) is 2. The fraction of sp³-hybridized carbons (Fsp3) is 0.667. The lowest BCUT2D eigenvalue weighted by atomic mass is 10.0. The maximum Gasteiger partial charge on any atom is 0.326 e. The van der Waals surface area contributed by atoms with Crippen LogP contribution in [0.15, 0.2) is 30.5 Å². The Labute approximate surface area is 212 Å². The number of amides is 1. The van der Waals surface area contributed by atoms with Crippen molar-refractivity contribution in [2.75, 3.05) is 0 Å². The quantitative estimate of drug-likeness (QED) is 0.157. The van der Waals surface area contributed by atoms with E-state index in [-0.39, 0.29) is 12.3 Å². The summed E-state index contributed by atoms with van der Waals surface area (Å²) in [7, 11) is 0. The Morgan fingerprint density at radius 2 is 1.31 bits per heavy atom. The summed E-state index contributed by atoms with van der Waals surface area (Å²) in [6.07, 6.45) is 23.3. The molecule has 0 spiro atoms. The molecule has 5 heteroatoms. The van der Waals surface area contributed by atoms with Gasteiger partial charge in [-0.1, -0.05) is 121 Å². The second kappa shape index (κ2) is 18.0. The molecule has 1 heterocycles. The highest BCUT2D eigenvalue weighted by Crippen LogP contribution is 2.19. The molecule has 196 valence electrons. The third-order valence-electron chi connectivity index (χ3n) is 6.99. The second-order valence-electron chi connectivity index (χ2n) is 10.1. The van der Waals surface area contributed by atoms with Crippen LogP contribution in [0, 0.1) is 0 Å². The molecule has 2 rings (SSSR count). The van der Waals surface area contributed by atoms with E-state index >= 15 is 0 Å². The molecule has 35 heavy (non-hydrogen) atoms. The van der Waals surface area contributed by atoms with Gasteiger partial charge < -0.3 is 15.4 Å². The summed E-state index contributed by atoms with van der Waals surface area (Å²) < 4.78 is 0. The SMILES string of the molecule is CCCCCCCCCCCCCCCCCCC(=O)N[C@@H](Cc1c[nH]c2ccccc12)C(=O)O. The Hall–Kier alpha value is -2.30. The van der Waals surface area contributed by atoms with Crippen LogP contribution >= 0.6 is 0 Å². The van der Waals surface area contributed by atoms with E-state index in [0.29, 0.717) is 6.42 Å². The number of fused-ring (bicyclic) bond motifs is 1. The largest absolute Gasteiger partial charge is 0.480 e. The average molecular weight is 485 g/mol. The van der Waals surface area contributed by atoms with Crippen molar-refractivity contribution in [1.29, 1.82) is 0 Å². The summed E-state index contributed by atoms with van der Waals surface area (Å²) in [6.45, 7) is 2.27. The third kappa shape index (κ3) is 12.3. The van der Waals surface area contributed by atoms with Gasteiger partial charge in [0, 0.05) is 29.9 Å². The first kappa shape index (κ1) is 28.9. The van der Waals surface area contributed by atoms with Gasteiger partial charge in [0.05, 0.1) is 0 Å². The van der Waals surface area contributed by atoms with Gasteiger partial charge in [0.25, 0.3) is 0 Å². The van der Waals surface area contributed by atoms with Crippen molar-refractivity contribution in [3.05, 3.63) is 36.0 Å². The molecule has 3 N–H and O–H groups in total. The van der Waals surface area contributed by atoms with Gasteiger partial charge in [-0.05, 0) is 18.1 Å². The van der Waals surface area contributed by atoms with Gasteiger partial charge in [-0.25, -0.2) is 4.79 Å². The molecular formula is C30H48N2O3. The molecule has 0 saturated heterocycles. The van der Waals surface area contributed by atoms with E-state index in [9.17, 15) is 14.7 Å². The fourth-order valence-electron chi connectivity index (χ4n) is 4.82. The number of unbranched alkanes of at least 4 members (excludes halogenated alkanes) is 15. The first-order valence-electron chi connectivity index (χ1n) is 14.2. The van der Waals surface area contributed by atoms with Crippen LogP contribution in [-0.2, 0) is 16.0 Å². The lowest BCUT2D eigenvalue weighted by molar-refractivity contribution is -0.141. The van der Waals surface area contributed by atoms with Gasteiger partial charge in [-0.2, -0.15) is 0 Å². The summed E-state index contributed by atoms with van der Waals surface area (Å²) in [6, 6.07) is 6.91. The highest BCUT2D eigenvalue weighted by molar-refractivity contribution is 5.86. The predicted octanol–water partition coefficient (Wildman–Crippen LogP) is 7.93. The van der Waals surface area contributed by atoms with Crippen LogP contribution in [0.5, 0.6) is 0 Å². The molecule has 1 atom stereocenters. The number of aromatic nitrogens is 1. The topological polar surface area (TPSA) is 82.2 Å². The number of rotatable bonds is 21. The monoisotopic (exact) mass is 484 g/mol. The van der Waals surface area contributed by atoms with Crippen LogP contribution in [0.1, 0.15) is 122 Å². The number of benzene rings is 1. The smallest absolute Gasteiger partial charge is 0.326 e. The number of aliphatic carboxylic acids is 1. The molecule has 0 bridgehead atoms. The molecule has 0 saturated carbocycles. The van der Waals surface area contributed by atoms with Gasteiger partial charge in [0.15, 0.2) is 0 Å². The van der Waals surface area contributed by atoms with Crippen LogP contribution in [0.2, 0.25) is 0 Å². The zero-order chi connectivity index (χ0) is 25.1. The van der Waals surface area contributed by atoms with E-state index < -0.39 is 12.0 Å². The lowest BCUT2D eigenvalue weighted by Gasteiger charge is -2.14. The van der Waals surface area contributed by atoms with Crippen molar-refractivity contribution in [2.24, 2.45) is 0 Å². The number of H-pyrrole nitrogens is 1. The Kier molecular flexibility index (Phi) is 14.9. The Morgan fingerprint density at radius 3 is 1.86 bits per heavy atom. The molecule has 0 aliphatic rings. The fourth-order valence-corrected chi connectivity index (χ4v) is 4.82. The number of hydrogen-bond donors (Lipinski definition) is 3. The van der Waals surface area contributed by atoms with Crippen molar-refractivity contribution in [2.45, 2.75) is 129 Å². The second-order valence-corrected chi connectivity index (χ2v) is 10.1. The molecule has 1 aromatic heterocycles. The van der Waals surface area contributed by atoms with Gasteiger partial charge in [-0.15, -0.1) is 0 Å². The van der Waals surface area contributed by atoms with Crippen molar-refractivity contribution in [1.82, 2.24) is 10.3 Å². The Bertz CT molecular complexity index is 845. The van der Waals surface area contributed by atoms with Crippen molar-refractivity contribution >= 4 is 22.8 Å². The van der Waals surface area contributed by atoms with E-state index in [1.54, 1.807) is 0 Å². The first-order chi connectivity index (χ1) is 17.1. The number of nitrogens with one attached hydrogen (secondary N) is 2. The molecule has 5 nitrogen and oxygen atoms in total. The van der Waals surface area contributed by atoms with Gasteiger partial charge in [0.2, 0.25) is 5.91 Å². The number of carboxylic acid groups (broad SMARTS) is 1. The minimum absolute atomic E-state index is 0.164. The maximum atomic E-state index is 12.3. The van der Waals surface area contributed by atoms with Crippen molar-refractivity contribution in [3.8, 4) is 0 Å². The third-order valence-corrected chi connectivity index (χ3v) is 6.99. The average Bonchev–Trinajstić information content (AvgIpc) is 3.26. The summed E-state index contributed by atoms with van der Waals surface area (Å²) in [5.41, 5.74) is 1.89. The number of carboxylic acids is 1. The molecule has 0 aliphatic heterocycles. The van der Waals surface area contributed by atoms with E-state index in [4.69, 9.17) is 0 Å².